The van der Waals surface area contributed by atoms with E-state index in [0.29, 0.717) is 19.3 Å². The van der Waals surface area contributed by atoms with Crippen molar-refractivity contribution in [1.82, 2.24) is 0 Å². The number of esters is 3. The molecule has 0 saturated heterocycles. The van der Waals surface area contributed by atoms with E-state index in [9.17, 15) is 14.4 Å². The summed E-state index contributed by atoms with van der Waals surface area (Å²) in [6.07, 6.45) is 71.1. The minimum atomic E-state index is -0.799. The Balaban J connectivity index is 4.42. The third kappa shape index (κ3) is 56.2. The molecular formula is C63H114O6. The Hall–Kier alpha value is -2.63. The van der Waals surface area contributed by atoms with E-state index in [1.807, 2.05) is 0 Å². The molecule has 0 N–H and O–H groups in total. The van der Waals surface area contributed by atoms with Crippen molar-refractivity contribution in [3.63, 3.8) is 0 Å². The highest BCUT2D eigenvalue weighted by Gasteiger charge is 2.19. The van der Waals surface area contributed by atoms with Gasteiger partial charge in [-0.3, -0.25) is 14.4 Å². The topological polar surface area (TPSA) is 78.9 Å². The van der Waals surface area contributed by atoms with Crippen molar-refractivity contribution in [1.29, 1.82) is 0 Å². The largest absolute Gasteiger partial charge is 0.462 e. The normalized spacial score (nSPS) is 12.3. The Kier molecular flexibility index (Phi) is 55.7. The fourth-order valence-corrected chi connectivity index (χ4v) is 8.75. The van der Waals surface area contributed by atoms with E-state index >= 15 is 0 Å². The monoisotopic (exact) mass is 967 g/mol. The van der Waals surface area contributed by atoms with Crippen LogP contribution in [0.5, 0.6) is 0 Å². The summed E-state index contributed by atoms with van der Waals surface area (Å²) in [6.45, 7) is 6.63. The van der Waals surface area contributed by atoms with E-state index in [-0.39, 0.29) is 37.5 Å². The molecule has 0 aromatic heterocycles. The van der Waals surface area contributed by atoms with Crippen LogP contribution in [0.4, 0.5) is 0 Å². The molecule has 69 heavy (non-hydrogen) atoms. The number of rotatable bonds is 55. The van der Waals surface area contributed by atoms with Crippen LogP contribution in [-0.2, 0) is 28.6 Å². The number of unbranched alkanes of at least 4 members (excludes halogenated alkanes) is 36. The third-order valence-electron chi connectivity index (χ3n) is 13.3. The van der Waals surface area contributed by atoms with Crippen LogP contribution in [0.25, 0.3) is 0 Å². The van der Waals surface area contributed by atoms with Gasteiger partial charge in [-0.15, -0.1) is 0 Å². The molecule has 0 aliphatic carbocycles. The first-order chi connectivity index (χ1) is 34.0. The molecule has 1 atom stereocenters. The molecule has 0 saturated carbocycles. The van der Waals surface area contributed by atoms with Gasteiger partial charge in [0.15, 0.2) is 6.10 Å². The van der Waals surface area contributed by atoms with Crippen molar-refractivity contribution >= 4 is 17.9 Å². The minimum absolute atomic E-state index is 0.0911. The van der Waals surface area contributed by atoms with E-state index in [1.54, 1.807) is 0 Å². The first kappa shape index (κ1) is 66.4. The summed E-state index contributed by atoms with van der Waals surface area (Å²) in [7, 11) is 0. The second-order valence-corrected chi connectivity index (χ2v) is 20.3. The average Bonchev–Trinajstić information content (AvgIpc) is 3.35. The number of hydrogen-bond acceptors (Lipinski definition) is 6. The maximum absolute atomic E-state index is 12.8. The molecule has 0 aliphatic heterocycles. The van der Waals surface area contributed by atoms with Gasteiger partial charge in [0.1, 0.15) is 13.2 Å². The zero-order valence-corrected chi connectivity index (χ0v) is 46.1. The van der Waals surface area contributed by atoms with Gasteiger partial charge in [0.05, 0.1) is 0 Å². The molecule has 0 fully saturated rings. The molecule has 0 aromatic rings. The highest BCUT2D eigenvalue weighted by molar-refractivity contribution is 5.71. The van der Waals surface area contributed by atoms with Gasteiger partial charge in [0.2, 0.25) is 0 Å². The Morgan fingerprint density at radius 2 is 0.536 bits per heavy atom. The molecule has 0 radical (unpaired) electrons. The summed E-state index contributed by atoms with van der Waals surface area (Å²) in [5.74, 6) is -0.931. The third-order valence-corrected chi connectivity index (χ3v) is 13.3. The molecule has 6 nitrogen and oxygen atoms in total. The van der Waals surface area contributed by atoms with Crippen LogP contribution >= 0.6 is 0 Å². The zero-order chi connectivity index (χ0) is 50.0. The summed E-state index contributed by atoms with van der Waals surface area (Å²) >= 11 is 0. The highest BCUT2D eigenvalue weighted by Crippen LogP contribution is 2.16. The zero-order valence-electron chi connectivity index (χ0n) is 46.1. The van der Waals surface area contributed by atoms with Crippen LogP contribution in [0.15, 0.2) is 48.6 Å². The van der Waals surface area contributed by atoms with Crippen molar-refractivity contribution < 1.29 is 28.6 Å². The first-order valence-corrected chi connectivity index (χ1v) is 30.1. The number of allylic oxidation sites excluding steroid dienone is 8. The molecular weight excluding hydrogens is 853 g/mol. The van der Waals surface area contributed by atoms with Gasteiger partial charge in [-0.25, -0.2) is 0 Å². The maximum Gasteiger partial charge on any atom is 0.306 e. The SMILES string of the molecule is CCCCCCCC/C=C\C/C=C\C/C=C\CCCC(=O)O[C@H](COC(=O)CCCCCCCCC/C=C\CCCCCCCC)COC(=O)CCCCCCCCCCCCCCCCCCC. The average molecular weight is 968 g/mol. The molecule has 0 aromatic carbocycles. The van der Waals surface area contributed by atoms with Crippen molar-refractivity contribution in [2.75, 3.05) is 13.2 Å². The molecule has 0 rings (SSSR count). The molecule has 0 bridgehead atoms. The van der Waals surface area contributed by atoms with Gasteiger partial charge >= 0.3 is 17.9 Å². The molecule has 0 amide bonds. The quantitative estimate of drug-likeness (QED) is 0.0262. The van der Waals surface area contributed by atoms with E-state index in [2.05, 4.69) is 69.4 Å². The summed E-state index contributed by atoms with van der Waals surface area (Å²) in [4.78, 5) is 38.2. The van der Waals surface area contributed by atoms with Crippen LogP contribution < -0.4 is 0 Å². The Morgan fingerprint density at radius 1 is 0.290 bits per heavy atom. The maximum atomic E-state index is 12.8. The van der Waals surface area contributed by atoms with Crippen molar-refractivity contribution in [3.05, 3.63) is 48.6 Å². The predicted molar refractivity (Wildman–Crippen MR) is 298 cm³/mol. The Labute approximate surface area is 428 Å². The van der Waals surface area contributed by atoms with Crippen molar-refractivity contribution in [3.8, 4) is 0 Å². The lowest BCUT2D eigenvalue weighted by atomic mass is 10.0. The van der Waals surface area contributed by atoms with Gasteiger partial charge in [-0.2, -0.15) is 0 Å². The molecule has 6 heteroatoms. The highest BCUT2D eigenvalue weighted by atomic mass is 16.6. The van der Waals surface area contributed by atoms with Gasteiger partial charge in [-0.1, -0.05) is 268 Å². The second kappa shape index (κ2) is 57.9. The second-order valence-electron chi connectivity index (χ2n) is 20.3. The summed E-state index contributed by atoms with van der Waals surface area (Å²) in [5.41, 5.74) is 0. The van der Waals surface area contributed by atoms with Crippen LogP contribution in [-0.4, -0.2) is 37.2 Å². The summed E-state index contributed by atoms with van der Waals surface area (Å²) < 4.78 is 16.9. The molecule has 0 heterocycles. The van der Waals surface area contributed by atoms with E-state index in [1.165, 1.54) is 212 Å². The van der Waals surface area contributed by atoms with Crippen LogP contribution in [0.3, 0.4) is 0 Å². The number of carbonyl (C=O) groups is 3. The fraction of sp³-hybridized carbons (Fsp3) is 0.825. The minimum Gasteiger partial charge on any atom is -0.462 e. The predicted octanol–water partition coefficient (Wildman–Crippen LogP) is 20.2. The van der Waals surface area contributed by atoms with Gasteiger partial charge in [0, 0.05) is 19.3 Å². The van der Waals surface area contributed by atoms with E-state index in [4.69, 9.17) is 14.2 Å². The van der Waals surface area contributed by atoms with Crippen molar-refractivity contribution in [2.45, 2.75) is 322 Å². The van der Waals surface area contributed by atoms with Gasteiger partial charge < -0.3 is 14.2 Å². The Morgan fingerprint density at radius 3 is 0.870 bits per heavy atom. The number of ether oxygens (including phenoxy) is 3. The Bertz CT molecular complexity index is 1200. The standard InChI is InChI=1S/C63H114O6/c1-4-7-10-13-16-19-22-25-28-31-34-37-40-43-46-49-52-55-61(64)67-58-60(69-63(66)57-54-51-48-45-42-39-36-33-30-27-24-21-18-15-12-9-6-3)59-68-62(65)56-53-50-47-44-41-38-35-32-29-26-23-20-17-14-11-8-5-2/h25,27-28,30,36,39,45,48,60H,4-24,26,29,31-35,37-38,40-44,46-47,49-59H2,1-3H3/b28-25-,30-27-,39-36-,48-45-/t60-/m1/s1. The van der Waals surface area contributed by atoms with Crippen molar-refractivity contribution in [2.24, 2.45) is 0 Å². The van der Waals surface area contributed by atoms with Gasteiger partial charge in [-0.05, 0) is 77.0 Å². The molecule has 402 valence electrons. The summed E-state index contributed by atoms with van der Waals surface area (Å²) in [5, 5.41) is 0. The molecule has 0 unspecified atom stereocenters. The summed E-state index contributed by atoms with van der Waals surface area (Å²) in [6, 6.07) is 0. The van der Waals surface area contributed by atoms with E-state index in [0.717, 1.165) is 57.8 Å². The molecule has 0 aliphatic rings. The van der Waals surface area contributed by atoms with Crippen LogP contribution in [0.1, 0.15) is 316 Å². The number of carbonyl (C=O) groups excluding carboxylic acids is 3. The lowest BCUT2D eigenvalue weighted by Crippen LogP contribution is -2.30. The lowest BCUT2D eigenvalue weighted by molar-refractivity contribution is -0.167. The van der Waals surface area contributed by atoms with E-state index < -0.39 is 6.10 Å². The number of hydrogen-bond donors (Lipinski definition) is 0. The van der Waals surface area contributed by atoms with Crippen LogP contribution in [0.2, 0.25) is 0 Å². The van der Waals surface area contributed by atoms with Crippen LogP contribution in [0, 0.1) is 0 Å². The molecule has 0 spiro atoms. The first-order valence-electron chi connectivity index (χ1n) is 30.1. The fourth-order valence-electron chi connectivity index (χ4n) is 8.75. The smallest absolute Gasteiger partial charge is 0.306 e. The lowest BCUT2D eigenvalue weighted by Gasteiger charge is -2.18. The van der Waals surface area contributed by atoms with Gasteiger partial charge in [0.25, 0.3) is 0 Å².